The molecule has 0 fully saturated rings. The van der Waals surface area contributed by atoms with Crippen molar-refractivity contribution in [2.24, 2.45) is 0 Å². The Morgan fingerprint density at radius 3 is 2.74 bits per heavy atom. The van der Waals surface area contributed by atoms with Gasteiger partial charge < -0.3 is 15.2 Å². The van der Waals surface area contributed by atoms with Crippen LogP contribution in [0.5, 0.6) is 0 Å². The molecule has 0 saturated carbocycles. The molecule has 4 heteroatoms. The van der Waals surface area contributed by atoms with Crippen LogP contribution in [0.1, 0.15) is 24.0 Å². The Labute approximate surface area is 113 Å². The van der Waals surface area contributed by atoms with E-state index in [0.717, 1.165) is 11.1 Å². The molecular formula is C15H19NO3. The number of methoxy groups -OCH3 is 1. The average molecular weight is 261 g/mol. The Kier molecular flexibility index (Phi) is 7.33. The number of benzene rings is 1. The molecule has 0 spiro atoms. The van der Waals surface area contributed by atoms with Crippen molar-refractivity contribution in [3.8, 4) is 11.8 Å². The number of hydrogen-bond donors (Lipinski definition) is 2. The van der Waals surface area contributed by atoms with Crippen molar-refractivity contribution in [2.75, 3.05) is 20.3 Å². The van der Waals surface area contributed by atoms with Crippen LogP contribution in [0, 0.1) is 11.8 Å². The number of hydrogen-bond acceptors (Lipinski definition) is 3. The smallest absolute Gasteiger partial charge is 0.222 e. The SMILES string of the molecule is COCCC(=O)NCc1ccc(C#CCCO)cc1. The van der Waals surface area contributed by atoms with E-state index in [0.29, 0.717) is 26.0 Å². The van der Waals surface area contributed by atoms with Crippen LogP contribution in [0.3, 0.4) is 0 Å². The van der Waals surface area contributed by atoms with Gasteiger partial charge in [-0.05, 0) is 17.7 Å². The van der Waals surface area contributed by atoms with Crippen molar-refractivity contribution in [1.82, 2.24) is 5.32 Å². The number of aliphatic hydroxyl groups excluding tert-OH is 1. The van der Waals surface area contributed by atoms with Gasteiger partial charge in [0, 0.05) is 32.1 Å². The molecule has 0 saturated heterocycles. The van der Waals surface area contributed by atoms with Gasteiger partial charge in [-0.2, -0.15) is 0 Å². The third kappa shape index (κ3) is 6.61. The van der Waals surface area contributed by atoms with E-state index in [4.69, 9.17) is 9.84 Å². The van der Waals surface area contributed by atoms with E-state index in [1.165, 1.54) is 0 Å². The van der Waals surface area contributed by atoms with Gasteiger partial charge in [-0.15, -0.1) is 0 Å². The van der Waals surface area contributed by atoms with Gasteiger partial charge in [-0.3, -0.25) is 4.79 Å². The largest absolute Gasteiger partial charge is 0.395 e. The second-order valence-corrected chi connectivity index (χ2v) is 3.99. The second kappa shape index (κ2) is 9.15. The zero-order valence-electron chi connectivity index (χ0n) is 11.1. The predicted octanol–water partition coefficient (Wildman–Crippen LogP) is 1.07. The Hall–Kier alpha value is -1.83. The highest BCUT2D eigenvalue weighted by atomic mass is 16.5. The fourth-order valence-corrected chi connectivity index (χ4v) is 1.41. The second-order valence-electron chi connectivity index (χ2n) is 3.99. The molecule has 0 aliphatic heterocycles. The van der Waals surface area contributed by atoms with E-state index in [9.17, 15) is 4.79 Å². The van der Waals surface area contributed by atoms with Crippen molar-refractivity contribution >= 4 is 5.91 Å². The van der Waals surface area contributed by atoms with Crippen molar-refractivity contribution in [3.05, 3.63) is 35.4 Å². The third-order valence-electron chi connectivity index (χ3n) is 2.45. The zero-order valence-corrected chi connectivity index (χ0v) is 11.1. The summed E-state index contributed by atoms with van der Waals surface area (Å²) in [5, 5.41) is 11.4. The molecule has 1 aromatic carbocycles. The molecule has 0 aliphatic carbocycles. The first-order chi connectivity index (χ1) is 9.26. The molecule has 0 heterocycles. The van der Waals surface area contributed by atoms with Crippen molar-refractivity contribution in [1.29, 1.82) is 0 Å². The number of rotatable bonds is 6. The minimum Gasteiger partial charge on any atom is -0.395 e. The molecule has 2 N–H and O–H groups in total. The van der Waals surface area contributed by atoms with Gasteiger partial charge in [0.25, 0.3) is 0 Å². The van der Waals surface area contributed by atoms with E-state index < -0.39 is 0 Å². The molecule has 0 aromatic heterocycles. The van der Waals surface area contributed by atoms with Gasteiger partial charge in [0.05, 0.1) is 13.2 Å². The molecule has 1 amide bonds. The normalized spacial score (nSPS) is 9.58. The van der Waals surface area contributed by atoms with Gasteiger partial charge >= 0.3 is 0 Å². The van der Waals surface area contributed by atoms with Crippen LogP contribution in [0.25, 0.3) is 0 Å². The van der Waals surface area contributed by atoms with Gasteiger partial charge in [0.1, 0.15) is 0 Å². The van der Waals surface area contributed by atoms with Crippen LogP contribution in [-0.2, 0) is 16.1 Å². The molecular weight excluding hydrogens is 242 g/mol. The van der Waals surface area contributed by atoms with Crippen molar-refractivity contribution in [2.45, 2.75) is 19.4 Å². The van der Waals surface area contributed by atoms with E-state index in [-0.39, 0.29) is 12.5 Å². The van der Waals surface area contributed by atoms with Gasteiger partial charge in [0.15, 0.2) is 0 Å². The predicted molar refractivity (Wildman–Crippen MR) is 73.4 cm³/mol. The molecule has 0 unspecified atom stereocenters. The van der Waals surface area contributed by atoms with E-state index in [2.05, 4.69) is 17.2 Å². The lowest BCUT2D eigenvalue weighted by Gasteiger charge is -2.05. The van der Waals surface area contributed by atoms with E-state index >= 15 is 0 Å². The minimum absolute atomic E-state index is 0.0198. The van der Waals surface area contributed by atoms with Gasteiger partial charge in [0.2, 0.25) is 5.91 Å². The zero-order chi connectivity index (χ0) is 13.9. The molecule has 19 heavy (non-hydrogen) atoms. The summed E-state index contributed by atoms with van der Waals surface area (Å²) in [5.41, 5.74) is 1.93. The molecule has 4 nitrogen and oxygen atoms in total. The molecule has 1 aromatic rings. The first kappa shape index (κ1) is 15.2. The Bertz CT molecular complexity index is 443. The average Bonchev–Trinajstić information content (AvgIpc) is 2.44. The highest BCUT2D eigenvalue weighted by Crippen LogP contribution is 2.03. The maximum absolute atomic E-state index is 11.4. The maximum atomic E-state index is 11.4. The number of ether oxygens (including phenoxy) is 1. The number of carbonyl (C=O) groups is 1. The highest BCUT2D eigenvalue weighted by Gasteiger charge is 2.00. The number of carbonyl (C=O) groups excluding carboxylic acids is 1. The Morgan fingerprint density at radius 1 is 1.37 bits per heavy atom. The standard InChI is InChI=1S/C15H19NO3/c1-19-11-9-15(18)16-12-14-7-5-13(6-8-14)4-2-3-10-17/h5-8,17H,3,9-12H2,1H3,(H,16,18). The first-order valence-corrected chi connectivity index (χ1v) is 6.20. The summed E-state index contributed by atoms with van der Waals surface area (Å²) in [6.07, 6.45) is 0.860. The van der Waals surface area contributed by atoms with Crippen molar-refractivity contribution < 1.29 is 14.6 Å². The van der Waals surface area contributed by atoms with Gasteiger partial charge in [-0.25, -0.2) is 0 Å². The minimum atomic E-state index is -0.0198. The Balaban J connectivity index is 2.40. The summed E-state index contributed by atoms with van der Waals surface area (Å²) in [6.45, 7) is 1.02. The topological polar surface area (TPSA) is 58.6 Å². The Morgan fingerprint density at radius 2 is 2.11 bits per heavy atom. The monoisotopic (exact) mass is 261 g/mol. The fourth-order valence-electron chi connectivity index (χ4n) is 1.41. The summed E-state index contributed by atoms with van der Waals surface area (Å²) in [7, 11) is 1.57. The quantitative estimate of drug-likeness (QED) is 0.753. The number of nitrogens with one attached hydrogen (secondary N) is 1. The number of aliphatic hydroxyl groups is 1. The van der Waals surface area contributed by atoms with Crippen LogP contribution in [0.2, 0.25) is 0 Å². The van der Waals surface area contributed by atoms with Crippen LogP contribution in [-0.4, -0.2) is 31.3 Å². The number of amides is 1. The summed E-state index contributed by atoms with van der Waals surface area (Å²) in [5.74, 6) is 5.79. The summed E-state index contributed by atoms with van der Waals surface area (Å²) in [4.78, 5) is 11.4. The summed E-state index contributed by atoms with van der Waals surface area (Å²) < 4.78 is 4.83. The molecule has 0 bridgehead atoms. The van der Waals surface area contributed by atoms with E-state index in [1.54, 1.807) is 7.11 Å². The maximum Gasteiger partial charge on any atom is 0.222 e. The lowest BCUT2D eigenvalue weighted by atomic mass is 10.1. The van der Waals surface area contributed by atoms with Crippen LogP contribution in [0.15, 0.2) is 24.3 Å². The third-order valence-corrected chi connectivity index (χ3v) is 2.45. The van der Waals surface area contributed by atoms with Crippen LogP contribution < -0.4 is 5.32 Å². The summed E-state index contributed by atoms with van der Waals surface area (Å²) in [6, 6.07) is 7.67. The van der Waals surface area contributed by atoms with Crippen LogP contribution in [0.4, 0.5) is 0 Å². The van der Waals surface area contributed by atoms with E-state index in [1.807, 2.05) is 24.3 Å². The lowest BCUT2D eigenvalue weighted by molar-refractivity contribution is -0.122. The molecule has 0 atom stereocenters. The van der Waals surface area contributed by atoms with Gasteiger partial charge in [-0.1, -0.05) is 24.0 Å². The first-order valence-electron chi connectivity index (χ1n) is 6.20. The lowest BCUT2D eigenvalue weighted by Crippen LogP contribution is -2.23. The molecule has 0 radical (unpaired) electrons. The fraction of sp³-hybridized carbons (Fsp3) is 0.400. The highest BCUT2D eigenvalue weighted by molar-refractivity contribution is 5.75. The molecule has 1 rings (SSSR count). The molecule has 0 aliphatic rings. The summed E-state index contributed by atoms with van der Waals surface area (Å²) >= 11 is 0. The molecule has 102 valence electrons. The van der Waals surface area contributed by atoms with Crippen molar-refractivity contribution in [3.63, 3.8) is 0 Å². The van der Waals surface area contributed by atoms with Crippen LogP contribution >= 0.6 is 0 Å².